The van der Waals surface area contributed by atoms with E-state index in [4.69, 9.17) is 9.47 Å². The molecule has 0 unspecified atom stereocenters. The van der Waals surface area contributed by atoms with Crippen molar-refractivity contribution in [3.63, 3.8) is 0 Å². The fraction of sp³-hybridized carbons (Fsp3) is 0.529. The van der Waals surface area contributed by atoms with Gasteiger partial charge in [0.15, 0.2) is 15.9 Å². The highest BCUT2D eigenvalue weighted by Crippen LogP contribution is 2.12. The summed E-state index contributed by atoms with van der Waals surface area (Å²) in [5.41, 5.74) is 0. The van der Waals surface area contributed by atoms with Crippen molar-refractivity contribution in [1.82, 2.24) is 5.32 Å². The topological polar surface area (TPSA) is 98.8 Å². The second-order valence-electron chi connectivity index (χ2n) is 6.01. The summed E-state index contributed by atoms with van der Waals surface area (Å²) in [5.74, 6) is -0.214. The zero-order valence-corrected chi connectivity index (χ0v) is 15.0. The van der Waals surface area contributed by atoms with Crippen molar-refractivity contribution in [1.29, 1.82) is 0 Å². The van der Waals surface area contributed by atoms with Crippen LogP contribution in [0.25, 0.3) is 0 Å². The van der Waals surface area contributed by atoms with E-state index in [1.165, 1.54) is 6.92 Å². The van der Waals surface area contributed by atoms with Crippen LogP contribution in [-0.4, -0.2) is 50.6 Å². The highest BCUT2D eigenvalue weighted by atomic mass is 32.2. The molecule has 1 fully saturated rings. The van der Waals surface area contributed by atoms with Crippen molar-refractivity contribution < 1.29 is 27.5 Å². The number of para-hydroxylation sites is 1. The summed E-state index contributed by atoms with van der Waals surface area (Å²) in [7, 11) is -3.06. The third-order valence-electron chi connectivity index (χ3n) is 3.79. The number of esters is 1. The Bertz CT molecular complexity index is 688. The SMILES string of the molecule is C[C@@H](OC(=O)CCCOc1ccccc1)C(=O)N[C@H]1CCS(=O)(=O)C1. The third kappa shape index (κ3) is 6.74. The monoisotopic (exact) mass is 369 g/mol. The van der Waals surface area contributed by atoms with Gasteiger partial charge in [0.25, 0.3) is 5.91 Å². The summed E-state index contributed by atoms with van der Waals surface area (Å²) in [6.07, 6.45) is 0.0578. The molecule has 8 heteroatoms. The smallest absolute Gasteiger partial charge is 0.306 e. The number of carbonyl (C=O) groups excluding carboxylic acids is 2. The standard InChI is InChI=1S/C17H23NO6S/c1-13(17(20)18-14-9-11-25(21,22)12-14)24-16(19)8-5-10-23-15-6-3-2-4-7-15/h2-4,6-7,13-14H,5,8-12H2,1H3,(H,18,20)/t13-,14+/m1/s1. The molecule has 1 N–H and O–H groups in total. The van der Waals surface area contributed by atoms with E-state index in [1.807, 2.05) is 30.3 Å². The molecule has 1 saturated heterocycles. The van der Waals surface area contributed by atoms with Gasteiger partial charge < -0.3 is 14.8 Å². The number of hydrogen-bond acceptors (Lipinski definition) is 6. The normalized spacial score (nSPS) is 19.8. The molecular formula is C17H23NO6S. The summed E-state index contributed by atoms with van der Waals surface area (Å²) in [5, 5.41) is 2.61. The van der Waals surface area contributed by atoms with Gasteiger partial charge in [0, 0.05) is 12.5 Å². The van der Waals surface area contributed by atoms with E-state index in [0.29, 0.717) is 19.4 Å². The van der Waals surface area contributed by atoms with Crippen molar-refractivity contribution in [3.05, 3.63) is 30.3 Å². The third-order valence-corrected chi connectivity index (χ3v) is 5.56. The first-order chi connectivity index (χ1) is 11.9. The van der Waals surface area contributed by atoms with Crippen LogP contribution < -0.4 is 10.1 Å². The number of carbonyl (C=O) groups is 2. The molecular weight excluding hydrogens is 346 g/mol. The molecule has 138 valence electrons. The van der Waals surface area contributed by atoms with Crippen LogP contribution in [0, 0.1) is 0 Å². The fourth-order valence-electron chi connectivity index (χ4n) is 2.46. The van der Waals surface area contributed by atoms with Crippen LogP contribution in [-0.2, 0) is 24.2 Å². The average molecular weight is 369 g/mol. The van der Waals surface area contributed by atoms with Crippen molar-refractivity contribution in [3.8, 4) is 5.75 Å². The number of rotatable bonds is 8. The summed E-state index contributed by atoms with van der Waals surface area (Å²) in [6.45, 7) is 1.84. The Labute approximate surface area is 147 Å². The molecule has 0 saturated carbocycles. The molecule has 0 bridgehead atoms. The van der Waals surface area contributed by atoms with Crippen LogP contribution in [0.5, 0.6) is 5.75 Å². The lowest BCUT2D eigenvalue weighted by molar-refractivity contribution is -0.155. The van der Waals surface area contributed by atoms with Gasteiger partial charge in [-0.2, -0.15) is 0 Å². The molecule has 7 nitrogen and oxygen atoms in total. The van der Waals surface area contributed by atoms with Gasteiger partial charge in [0.1, 0.15) is 5.75 Å². The van der Waals surface area contributed by atoms with E-state index in [9.17, 15) is 18.0 Å². The molecule has 2 rings (SSSR count). The number of amides is 1. The molecule has 0 aromatic heterocycles. The quantitative estimate of drug-likeness (QED) is 0.544. The van der Waals surface area contributed by atoms with Gasteiger partial charge in [0.05, 0.1) is 18.1 Å². The Morgan fingerprint density at radius 2 is 2.00 bits per heavy atom. The van der Waals surface area contributed by atoms with E-state index in [-0.39, 0.29) is 17.9 Å². The number of hydrogen-bond donors (Lipinski definition) is 1. The second kappa shape index (κ2) is 8.84. The van der Waals surface area contributed by atoms with Crippen LogP contribution in [0.4, 0.5) is 0 Å². The van der Waals surface area contributed by atoms with Crippen LogP contribution in [0.2, 0.25) is 0 Å². The van der Waals surface area contributed by atoms with Crippen molar-refractivity contribution in [2.24, 2.45) is 0 Å². The Balaban J connectivity index is 1.63. The average Bonchev–Trinajstić information content (AvgIpc) is 2.91. The molecule has 1 aliphatic heterocycles. The molecule has 0 spiro atoms. The van der Waals surface area contributed by atoms with E-state index >= 15 is 0 Å². The van der Waals surface area contributed by atoms with E-state index in [2.05, 4.69) is 5.32 Å². The van der Waals surface area contributed by atoms with Gasteiger partial charge in [0.2, 0.25) is 0 Å². The van der Waals surface area contributed by atoms with Crippen LogP contribution in [0.1, 0.15) is 26.2 Å². The first-order valence-corrected chi connectivity index (χ1v) is 10.1. The van der Waals surface area contributed by atoms with Crippen molar-refractivity contribution in [2.45, 2.75) is 38.3 Å². The van der Waals surface area contributed by atoms with Crippen molar-refractivity contribution >= 4 is 21.7 Å². The zero-order chi connectivity index (χ0) is 18.3. The maximum Gasteiger partial charge on any atom is 0.306 e. The fourth-order valence-corrected chi connectivity index (χ4v) is 4.13. The summed E-state index contributed by atoms with van der Waals surface area (Å²) >= 11 is 0. The number of benzene rings is 1. The number of nitrogens with one attached hydrogen (secondary N) is 1. The molecule has 2 atom stereocenters. The lowest BCUT2D eigenvalue weighted by Gasteiger charge is -2.16. The molecule has 0 radical (unpaired) electrons. The van der Waals surface area contributed by atoms with Crippen LogP contribution >= 0.6 is 0 Å². The van der Waals surface area contributed by atoms with Gasteiger partial charge in [-0.05, 0) is 31.9 Å². The van der Waals surface area contributed by atoms with Gasteiger partial charge in [-0.1, -0.05) is 18.2 Å². The minimum Gasteiger partial charge on any atom is -0.494 e. The molecule has 1 aromatic carbocycles. The molecule has 1 aliphatic rings. The van der Waals surface area contributed by atoms with E-state index in [1.54, 1.807) is 0 Å². The molecule has 1 aromatic rings. The zero-order valence-electron chi connectivity index (χ0n) is 14.1. The Morgan fingerprint density at radius 1 is 1.28 bits per heavy atom. The highest BCUT2D eigenvalue weighted by molar-refractivity contribution is 7.91. The first-order valence-electron chi connectivity index (χ1n) is 8.24. The lowest BCUT2D eigenvalue weighted by atomic mass is 10.2. The summed E-state index contributed by atoms with van der Waals surface area (Å²) in [4.78, 5) is 23.7. The molecule has 1 heterocycles. The molecule has 25 heavy (non-hydrogen) atoms. The minimum atomic E-state index is -3.06. The minimum absolute atomic E-state index is 0.0593. The highest BCUT2D eigenvalue weighted by Gasteiger charge is 2.30. The second-order valence-corrected chi connectivity index (χ2v) is 8.23. The maximum atomic E-state index is 12.0. The van der Waals surface area contributed by atoms with E-state index in [0.717, 1.165) is 5.75 Å². The Kier molecular flexibility index (Phi) is 6.81. The lowest BCUT2D eigenvalue weighted by Crippen LogP contribution is -2.42. The maximum absolute atomic E-state index is 12.0. The Hall–Kier alpha value is -2.09. The van der Waals surface area contributed by atoms with Gasteiger partial charge in [-0.15, -0.1) is 0 Å². The largest absolute Gasteiger partial charge is 0.494 e. The molecule has 0 aliphatic carbocycles. The summed E-state index contributed by atoms with van der Waals surface area (Å²) in [6, 6.07) is 8.86. The summed E-state index contributed by atoms with van der Waals surface area (Å²) < 4.78 is 33.3. The van der Waals surface area contributed by atoms with Gasteiger partial charge in [-0.25, -0.2) is 8.42 Å². The van der Waals surface area contributed by atoms with Crippen molar-refractivity contribution in [2.75, 3.05) is 18.1 Å². The van der Waals surface area contributed by atoms with Gasteiger partial charge >= 0.3 is 5.97 Å². The first kappa shape index (κ1) is 19.2. The Morgan fingerprint density at radius 3 is 2.64 bits per heavy atom. The molecule has 1 amide bonds. The van der Waals surface area contributed by atoms with Crippen LogP contribution in [0.3, 0.4) is 0 Å². The number of ether oxygens (including phenoxy) is 2. The van der Waals surface area contributed by atoms with Gasteiger partial charge in [-0.3, -0.25) is 9.59 Å². The van der Waals surface area contributed by atoms with E-state index < -0.39 is 33.9 Å². The number of sulfone groups is 1. The van der Waals surface area contributed by atoms with Crippen LogP contribution in [0.15, 0.2) is 30.3 Å². The predicted octanol–water partition coefficient (Wildman–Crippen LogP) is 1.08. The predicted molar refractivity (Wildman–Crippen MR) is 91.9 cm³/mol.